The van der Waals surface area contributed by atoms with Gasteiger partial charge in [0.1, 0.15) is 0 Å². The van der Waals surface area contributed by atoms with Crippen LogP contribution in [-0.2, 0) is 4.74 Å². The summed E-state index contributed by atoms with van der Waals surface area (Å²) in [6.07, 6.45) is 1.29. The minimum atomic E-state index is 0.664. The zero-order valence-corrected chi connectivity index (χ0v) is 10.2. The van der Waals surface area contributed by atoms with Crippen LogP contribution in [-0.4, -0.2) is 19.0 Å². The summed E-state index contributed by atoms with van der Waals surface area (Å²) in [6, 6.07) is 0. The van der Waals surface area contributed by atoms with Gasteiger partial charge in [-0.2, -0.15) is 0 Å². The second-order valence-corrected chi connectivity index (χ2v) is 4.62. The highest BCUT2D eigenvalue weighted by Gasteiger charge is 2.16. The van der Waals surface area contributed by atoms with Gasteiger partial charge in [-0.25, -0.2) is 0 Å². The van der Waals surface area contributed by atoms with Gasteiger partial charge in [0.25, 0.3) is 0 Å². The van der Waals surface area contributed by atoms with Crippen LogP contribution in [0.3, 0.4) is 0 Å². The molecule has 0 N–H and O–H groups in total. The molecule has 1 nitrogen and oxygen atoms in total. The fourth-order valence-corrected chi connectivity index (χ4v) is 2.35. The molecule has 0 aromatic heterocycles. The summed E-state index contributed by atoms with van der Waals surface area (Å²) in [6.45, 7) is 7.69. The van der Waals surface area contributed by atoms with Crippen molar-refractivity contribution in [1.29, 1.82) is 0 Å². The summed E-state index contributed by atoms with van der Waals surface area (Å²) in [4.78, 5) is 0. The SMILES string of the molecule is COCC(C)C(CBr)CC(C)C. The van der Waals surface area contributed by atoms with Crippen molar-refractivity contribution in [2.75, 3.05) is 19.0 Å². The number of hydrogen-bond donors (Lipinski definition) is 0. The maximum Gasteiger partial charge on any atom is 0.0490 e. The van der Waals surface area contributed by atoms with Gasteiger partial charge in [-0.05, 0) is 24.2 Å². The standard InChI is InChI=1S/C10H21BrO/c1-8(2)5-10(6-11)9(3)7-12-4/h8-10H,5-7H2,1-4H3. The molecule has 0 aliphatic rings. The van der Waals surface area contributed by atoms with E-state index in [-0.39, 0.29) is 0 Å². The van der Waals surface area contributed by atoms with Gasteiger partial charge in [-0.15, -0.1) is 0 Å². The number of alkyl halides is 1. The van der Waals surface area contributed by atoms with Crippen LogP contribution in [0.25, 0.3) is 0 Å². The molecule has 0 aromatic carbocycles. The van der Waals surface area contributed by atoms with E-state index in [1.807, 2.05) is 0 Å². The van der Waals surface area contributed by atoms with Crippen LogP contribution in [0.1, 0.15) is 27.2 Å². The molecule has 0 radical (unpaired) electrons. The van der Waals surface area contributed by atoms with E-state index in [4.69, 9.17) is 4.74 Å². The molecule has 0 amide bonds. The quantitative estimate of drug-likeness (QED) is 0.644. The van der Waals surface area contributed by atoms with Gasteiger partial charge in [0.15, 0.2) is 0 Å². The Morgan fingerprint density at radius 1 is 1.25 bits per heavy atom. The van der Waals surface area contributed by atoms with Crippen molar-refractivity contribution in [2.45, 2.75) is 27.2 Å². The third kappa shape index (κ3) is 5.15. The fourth-order valence-electron chi connectivity index (χ4n) is 1.45. The van der Waals surface area contributed by atoms with Crippen LogP contribution in [0.5, 0.6) is 0 Å². The van der Waals surface area contributed by atoms with Crippen LogP contribution in [0.15, 0.2) is 0 Å². The molecule has 0 rings (SSSR count). The molecule has 0 aliphatic carbocycles. The maximum atomic E-state index is 5.15. The Morgan fingerprint density at radius 2 is 1.83 bits per heavy atom. The zero-order chi connectivity index (χ0) is 9.56. The highest BCUT2D eigenvalue weighted by Crippen LogP contribution is 2.22. The fraction of sp³-hybridized carbons (Fsp3) is 1.00. The number of halogens is 1. The molecule has 0 saturated heterocycles. The molecule has 2 unspecified atom stereocenters. The third-order valence-electron chi connectivity index (χ3n) is 2.21. The van der Waals surface area contributed by atoms with Gasteiger partial charge in [-0.3, -0.25) is 0 Å². The van der Waals surface area contributed by atoms with E-state index in [9.17, 15) is 0 Å². The minimum Gasteiger partial charge on any atom is -0.384 e. The zero-order valence-electron chi connectivity index (χ0n) is 8.64. The van der Waals surface area contributed by atoms with Crippen LogP contribution in [0, 0.1) is 17.8 Å². The molecule has 0 bridgehead atoms. The summed E-state index contributed by atoms with van der Waals surface area (Å²) in [7, 11) is 1.77. The molecule has 0 aromatic rings. The molecule has 0 saturated carbocycles. The summed E-state index contributed by atoms with van der Waals surface area (Å²) in [5, 5.41) is 1.09. The van der Waals surface area contributed by atoms with E-state index < -0.39 is 0 Å². The third-order valence-corrected chi connectivity index (χ3v) is 3.04. The van der Waals surface area contributed by atoms with E-state index in [1.54, 1.807) is 7.11 Å². The molecule has 0 fully saturated rings. The molecule has 2 atom stereocenters. The Balaban J connectivity index is 3.78. The first kappa shape index (κ1) is 12.4. The first-order valence-corrected chi connectivity index (χ1v) is 5.78. The Morgan fingerprint density at radius 3 is 2.17 bits per heavy atom. The monoisotopic (exact) mass is 236 g/mol. The predicted molar refractivity (Wildman–Crippen MR) is 57.8 cm³/mol. The van der Waals surface area contributed by atoms with Crippen LogP contribution >= 0.6 is 15.9 Å². The molecule has 0 spiro atoms. The lowest BCUT2D eigenvalue weighted by Gasteiger charge is -2.22. The Labute approximate surface area is 85.0 Å². The van der Waals surface area contributed by atoms with E-state index in [0.717, 1.165) is 23.8 Å². The first-order valence-electron chi connectivity index (χ1n) is 4.66. The second-order valence-electron chi connectivity index (χ2n) is 3.98. The van der Waals surface area contributed by atoms with Crippen LogP contribution < -0.4 is 0 Å². The van der Waals surface area contributed by atoms with Crippen molar-refractivity contribution in [3.63, 3.8) is 0 Å². The Kier molecular flexibility index (Phi) is 7.16. The molecular formula is C10H21BrO. The van der Waals surface area contributed by atoms with Crippen molar-refractivity contribution >= 4 is 15.9 Å². The van der Waals surface area contributed by atoms with Crippen molar-refractivity contribution < 1.29 is 4.74 Å². The van der Waals surface area contributed by atoms with Gasteiger partial charge in [-0.1, -0.05) is 36.7 Å². The van der Waals surface area contributed by atoms with Gasteiger partial charge < -0.3 is 4.74 Å². The normalized spacial score (nSPS) is 16.5. The number of ether oxygens (including phenoxy) is 1. The average Bonchev–Trinajstić information content (AvgIpc) is 2.00. The number of hydrogen-bond acceptors (Lipinski definition) is 1. The van der Waals surface area contributed by atoms with Crippen molar-refractivity contribution in [2.24, 2.45) is 17.8 Å². The first-order chi connectivity index (χ1) is 5.61. The molecule has 0 heterocycles. The largest absolute Gasteiger partial charge is 0.384 e. The molecular weight excluding hydrogens is 216 g/mol. The van der Waals surface area contributed by atoms with Gasteiger partial charge in [0.05, 0.1) is 0 Å². The number of rotatable bonds is 6. The van der Waals surface area contributed by atoms with Crippen molar-refractivity contribution in [3.8, 4) is 0 Å². The lowest BCUT2D eigenvalue weighted by atomic mass is 9.89. The topological polar surface area (TPSA) is 9.23 Å². The molecule has 74 valence electrons. The van der Waals surface area contributed by atoms with E-state index in [2.05, 4.69) is 36.7 Å². The minimum absolute atomic E-state index is 0.664. The second kappa shape index (κ2) is 6.90. The predicted octanol–water partition coefficient (Wildman–Crippen LogP) is 3.33. The van der Waals surface area contributed by atoms with Crippen LogP contribution in [0.4, 0.5) is 0 Å². The van der Waals surface area contributed by atoms with Gasteiger partial charge in [0, 0.05) is 19.0 Å². The lowest BCUT2D eigenvalue weighted by molar-refractivity contribution is 0.129. The number of methoxy groups -OCH3 is 1. The van der Waals surface area contributed by atoms with E-state index in [1.165, 1.54) is 6.42 Å². The highest BCUT2D eigenvalue weighted by atomic mass is 79.9. The van der Waals surface area contributed by atoms with Crippen LogP contribution in [0.2, 0.25) is 0 Å². The highest BCUT2D eigenvalue weighted by molar-refractivity contribution is 9.09. The summed E-state index contributed by atoms with van der Waals surface area (Å²) >= 11 is 3.56. The molecule has 12 heavy (non-hydrogen) atoms. The van der Waals surface area contributed by atoms with Crippen molar-refractivity contribution in [3.05, 3.63) is 0 Å². The lowest BCUT2D eigenvalue weighted by Crippen LogP contribution is -2.19. The summed E-state index contributed by atoms with van der Waals surface area (Å²) in [5.74, 6) is 2.20. The molecule has 0 aliphatic heterocycles. The van der Waals surface area contributed by atoms with Gasteiger partial charge in [0.2, 0.25) is 0 Å². The maximum absolute atomic E-state index is 5.15. The Hall–Kier alpha value is 0.440. The Bertz CT molecular complexity index is 104. The summed E-state index contributed by atoms with van der Waals surface area (Å²) in [5.41, 5.74) is 0. The molecule has 2 heteroatoms. The average molecular weight is 237 g/mol. The van der Waals surface area contributed by atoms with E-state index in [0.29, 0.717) is 5.92 Å². The van der Waals surface area contributed by atoms with Gasteiger partial charge >= 0.3 is 0 Å². The van der Waals surface area contributed by atoms with Crippen molar-refractivity contribution in [1.82, 2.24) is 0 Å². The smallest absolute Gasteiger partial charge is 0.0490 e. The van der Waals surface area contributed by atoms with E-state index >= 15 is 0 Å². The summed E-state index contributed by atoms with van der Waals surface area (Å²) < 4.78 is 5.15.